The molecule has 106 valence electrons. The van der Waals surface area contributed by atoms with E-state index < -0.39 is 6.36 Å². The number of aryl methyl sites for hydroxylation is 2. The molecule has 0 radical (unpaired) electrons. The predicted octanol–water partition coefficient (Wildman–Crippen LogP) is 4.45. The Balaban J connectivity index is 2.45. The van der Waals surface area contributed by atoms with Crippen molar-refractivity contribution in [2.75, 3.05) is 5.73 Å². The van der Waals surface area contributed by atoms with Gasteiger partial charge in [-0.1, -0.05) is 18.2 Å². The van der Waals surface area contributed by atoms with Crippen LogP contribution >= 0.6 is 0 Å². The molecule has 0 fully saturated rings. The van der Waals surface area contributed by atoms with Crippen LogP contribution in [0.25, 0.3) is 11.1 Å². The molecule has 2 aromatic carbocycles. The van der Waals surface area contributed by atoms with Crippen LogP contribution in [0.1, 0.15) is 11.1 Å². The second kappa shape index (κ2) is 5.07. The third-order valence-corrected chi connectivity index (χ3v) is 3.08. The molecular weight excluding hydrogens is 267 g/mol. The van der Waals surface area contributed by atoms with Gasteiger partial charge in [-0.05, 0) is 48.7 Å². The van der Waals surface area contributed by atoms with E-state index in [9.17, 15) is 13.2 Å². The molecule has 2 N–H and O–H groups in total. The van der Waals surface area contributed by atoms with Crippen molar-refractivity contribution in [1.29, 1.82) is 0 Å². The average molecular weight is 281 g/mol. The number of hydrogen-bond acceptors (Lipinski definition) is 2. The molecule has 0 atom stereocenters. The van der Waals surface area contributed by atoms with E-state index >= 15 is 0 Å². The molecule has 20 heavy (non-hydrogen) atoms. The summed E-state index contributed by atoms with van der Waals surface area (Å²) < 4.78 is 40.6. The lowest BCUT2D eigenvalue weighted by atomic mass is 9.99. The monoisotopic (exact) mass is 281 g/mol. The summed E-state index contributed by atoms with van der Waals surface area (Å²) in [5.74, 6) is -0.278. The van der Waals surface area contributed by atoms with E-state index in [2.05, 4.69) is 4.74 Å². The standard InChI is InChI=1S/C15H14F3NO/c1-9-3-4-11(7-10(9)2)13-8-12(5-6-14(13)19)20-15(16,17)18/h3-8H,19H2,1-2H3. The van der Waals surface area contributed by atoms with E-state index in [1.807, 2.05) is 32.0 Å². The summed E-state index contributed by atoms with van der Waals surface area (Å²) in [6.07, 6.45) is -4.71. The number of alkyl halides is 3. The number of benzene rings is 2. The number of nitrogen functional groups attached to an aromatic ring is 1. The molecular formula is C15H14F3NO. The molecule has 0 unspecified atom stereocenters. The van der Waals surface area contributed by atoms with Crippen molar-refractivity contribution in [1.82, 2.24) is 0 Å². The molecule has 0 saturated carbocycles. The van der Waals surface area contributed by atoms with Gasteiger partial charge in [-0.3, -0.25) is 0 Å². The van der Waals surface area contributed by atoms with Crippen molar-refractivity contribution in [3.05, 3.63) is 47.5 Å². The summed E-state index contributed by atoms with van der Waals surface area (Å²) in [7, 11) is 0. The number of rotatable bonds is 2. The fourth-order valence-corrected chi connectivity index (χ4v) is 1.89. The SMILES string of the molecule is Cc1ccc(-c2cc(OC(F)(F)F)ccc2N)cc1C. The van der Waals surface area contributed by atoms with Crippen molar-refractivity contribution < 1.29 is 17.9 Å². The van der Waals surface area contributed by atoms with Crippen LogP contribution in [-0.2, 0) is 0 Å². The zero-order valence-electron chi connectivity index (χ0n) is 11.1. The first-order valence-electron chi connectivity index (χ1n) is 5.99. The second-order valence-corrected chi connectivity index (χ2v) is 4.60. The summed E-state index contributed by atoms with van der Waals surface area (Å²) in [6, 6.07) is 9.52. The predicted molar refractivity (Wildman–Crippen MR) is 72.4 cm³/mol. The smallest absolute Gasteiger partial charge is 0.406 e. The third-order valence-electron chi connectivity index (χ3n) is 3.08. The Morgan fingerprint density at radius 1 is 0.950 bits per heavy atom. The molecule has 5 heteroatoms. The van der Waals surface area contributed by atoms with Gasteiger partial charge in [0, 0.05) is 11.3 Å². The Morgan fingerprint density at radius 3 is 2.25 bits per heavy atom. The molecule has 0 spiro atoms. The van der Waals surface area contributed by atoms with Gasteiger partial charge < -0.3 is 10.5 Å². The Kier molecular flexibility index (Phi) is 3.61. The summed E-state index contributed by atoms with van der Waals surface area (Å²) in [4.78, 5) is 0. The highest BCUT2D eigenvalue weighted by Crippen LogP contribution is 2.33. The molecule has 2 nitrogen and oxygen atoms in total. The highest BCUT2D eigenvalue weighted by Gasteiger charge is 2.31. The van der Waals surface area contributed by atoms with Crippen molar-refractivity contribution >= 4 is 5.69 Å². The Morgan fingerprint density at radius 2 is 1.65 bits per heavy atom. The number of nitrogens with two attached hydrogens (primary N) is 1. The van der Waals surface area contributed by atoms with Crippen LogP contribution in [-0.4, -0.2) is 6.36 Å². The van der Waals surface area contributed by atoms with E-state index in [-0.39, 0.29) is 5.75 Å². The van der Waals surface area contributed by atoms with Gasteiger partial charge in [-0.15, -0.1) is 13.2 Å². The van der Waals surface area contributed by atoms with E-state index in [0.717, 1.165) is 16.7 Å². The third kappa shape index (κ3) is 3.23. The number of hydrogen-bond donors (Lipinski definition) is 1. The van der Waals surface area contributed by atoms with Crippen LogP contribution in [0.3, 0.4) is 0 Å². The Hall–Kier alpha value is -2.17. The number of halogens is 3. The summed E-state index contributed by atoms with van der Waals surface area (Å²) in [5.41, 5.74) is 9.68. The lowest BCUT2D eigenvalue weighted by Crippen LogP contribution is -2.17. The maximum Gasteiger partial charge on any atom is 0.573 e. The topological polar surface area (TPSA) is 35.2 Å². The Bertz CT molecular complexity index is 636. The highest BCUT2D eigenvalue weighted by molar-refractivity contribution is 5.78. The zero-order chi connectivity index (χ0) is 14.9. The van der Waals surface area contributed by atoms with Gasteiger partial charge in [-0.2, -0.15) is 0 Å². The van der Waals surface area contributed by atoms with E-state index in [4.69, 9.17) is 5.73 Å². The van der Waals surface area contributed by atoms with Gasteiger partial charge in [0.1, 0.15) is 5.75 Å². The molecule has 2 aromatic rings. The fraction of sp³-hybridized carbons (Fsp3) is 0.200. The zero-order valence-corrected chi connectivity index (χ0v) is 11.1. The minimum absolute atomic E-state index is 0.278. The van der Waals surface area contributed by atoms with E-state index in [0.29, 0.717) is 11.3 Å². The second-order valence-electron chi connectivity index (χ2n) is 4.60. The first kappa shape index (κ1) is 14.2. The molecule has 0 bridgehead atoms. The fourth-order valence-electron chi connectivity index (χ4n) is 1.89. The van der Waals surface area contributed by atoms with Crippen LogP contribution in [0.5, 0.6) is 5.75 Å². The first-order valence-corrected chi connectivity index (χ1v) is 5.99. The van der Waals surface area contributed by atoms with Gasteiger partial charge in [0.25, 0.3) is 0 Å². The van der Waals surface area contributed by atoms with Crippen molar-refractivity contribution in [2.24, 2.45) is 0 Å². The highest BCUT2D eigenvalue weighted by atomic mass is 19.4. The molecule has 0 heterocycles. The van der Waals surface area contributed by atoms with Crippen molar-refractivity contribution in [3.63, 3.8) is 0 Å². The van der Waals surface area contributed by atoms with Crippen LogP contribution in [0.4, 0.5) is 18.9 Å². The average Bonchev–Trinajstić information content (AvgIpc) is 2.33. The van der Waals surface area contributed by atoms with Crippen LogP contribution in [0, 0.1) is 13.8 Å². The summed E-state index contributed by atoms with van der Waals surface area (Å²) in [5, 5.41) is 0. The lowest BCUT2D eigenvalue weighted by Gasteiger charge is -2.13. The molecule has 0 aromatic heterocycles. The largest absolute Gasteiger partial charge is 0.573 e. The first-order chi connectivity index (χ1) is 9.26. The van der Waals surface area contributed by atoms with Crippen LogP contribution in [0.15, 0.2) is 36.4 Å². The van der Waals surface area contributed by atoms with E-state index in [1.54, 1.807) is 0 Å². The van der Waals surface area contributed by atoms with Crippen LogP contribution in [0.2, 0.25) is 0 Å². The maximum absolute atomic E-state index is 12.2. The minimum atomic E-state index is -4.71. The normalized spacial score (nSPS) is 11.4. The molecule has 0 aliphatic heterocycles. The summed E-state index contributed by atoms with van der Waals surface area (Å²) in [6.45, 7) is 3.90. The van der Waals surface area contributed by atoms with Crippen molar-refractivity contribution in [2.45, 2.75) is 20.2 Å². The van der Waals surface area contributed by atoms with Crippen LogP contribution < -0.4 is 10.5 Å². The number of anilines is 1. The Labute approximate surface area is 115 Å². The molecule has 0 aliphatic carbocycles. The van der Waals surface area contributed by atoms with Gasteiger partial charge >= 0.3 is 6.36 Å². The molecule has 2 rings (SSSR count). The van der Waals surface area contributed by atoms with Gasteiger partial charge in [-0.25, -0.2) is 0 Å². The van der Waals surface area contributed by atoms with Crippen molar-refractivity contribution in [3.8, 4) is 16.9 Å². The van der Waals surface area contributed by atoms with Gasteiger partial charge in [0.05, 0.1) is 0 Å². The molecule has 0 amide bonds. The summed E-state index contributed by atoms with van der Waals surface area (Å²) >= 11 is 0. The lowest BCUT2D eigenvalue weighted by molar-refractivity contribution is -0.274. The van der Waals surface area contributed by atoms with Gasteiger partial charge in [0.2, 0.25) is 0 Å². The van der Waals surface area contributed by atoms with Gasteiger partial charge in [0.15, 0.2) is 0 Å². The minimum Gasteiger partial charge on any atom is -0.406 e. The molecule has 0 saturated heterocycles. The molecule has 0 aliphatic rings. The van der Waals surface area contributed by atoms with E-state index in [1.165, 1.54) is 18.2 Å². The number of ether oxygens (including phenoxy) is 1. The quantitative estimate of drug-likeness (QED) is 0.825. The maximum atomic E-state index is 12.2.